The fourth-order valence-corrected chi connectivity index (χ4v) is 1.04. The largest absolute Gasteiger partial charge is 0.317 e. The van der Waals surface area contributed by atoms with Crippen molar-refractivity contribution in [3.8, 4) is 0 Å². The van der Waals surface area contributed by atoms with Crippen LogP contribution in [0.25, 0.3) is 0 Å². The van der Waals surface area contributed by atoms with E-state index in [0.29, 0.717) is 6.04 Å². The van der Waals surface area contributed by atoms with E-state index in [4.69, 9.17) is 0 Å². The van der Waals surface area contributed by atoms with E-state index in [-0.39, 0.29) is 0 Å². The van der Waals surface area contributed by atoms with E-state index < -0.39 is 0 Å². The van der Waals surface area contributed by atoms with Gasteiger partial charge in [0, 0.05) is 6.04 Å². The average molecular weight is 229 g/mol. The second-order valence-electron chi connectivity index (χ2n) is 3.77. The minimum Gasteiger partial charge on any atom is -0.317 e. The summed E-state index contributed by atoms with van der Waals surface area (Å²) in [5.41, 5.74) is 0.977. The van der Waals surface area contributed by atoms with Crippen LogP contribution < -0.4 is 5.32 Å². The third-order valence-corrected chi connectivity index (χ3v) is 2.21. The molecule has 1 N–H and O–H groups in total. The van der Waals surface area contributed by atoms with Crippen molar-refractivity contribution in [1.82, 2.24) is 5.32 Å². The Hall–Kier alpha value is -1.60. The molecule has 0 saturated carbocycles. The molecule has 0 amide bonds. The van der Waals surface area contributed by atoms with Crippen LogP contribution in [0.4, 0.5) is 0 Å². The first-order chi connectivity index (χ1) is 8.20. The zero-order valence-corrected chi connectivity index (χ0v) is 10.9. The van der Waals surface area contributed by atoms with Gasteiger partial charge < -0.3 is 5.32 Å². The van der Waals surface area contributed by atoms with Crippen molar-refractivity contribution in [2.24, 2.45) is 0 Å². The molecule has 0 aliphatic carbocycles. The summed E-state index contributed by atoms with van der Waals surface area (Å²) in [5.74, 6) is 0. The number of hydrogen-bond acceptors (Lipinski definition) is 1. The number of rotatable bonds is 8. The molecule has 0 saturated heterocycles. The highest BCUT2D eigenvalue weighted by Crippen LogP contribution is 1.97. The summed E-state index contributed by atoms with van der Waals surface area (Å²) in [4.78, 5) is 0. The maximum atomic E-state index is 3.92. The Balaban J connectivity index is 3.91. The molecule has 92 valence electrons. The van der Waals surface area contributed by atoms with Gasteiger partial charge in [0.2, 0.25) is 0 Å². The molecule has 1 atom stereocenters. The minimum atomic E-state index is 0.520. The first kappa shape index (κ1) is 15.4. The second kappa shape index (κ2) is 10.9. The van der Waals surface area contributed by atoms with Crippen LogP contribution >= 0.6 is 0 Å². The number of hydrogen-bond donors (Lipinski definition) is 1. The molecule has 0 fully saturated rings. The summed E-state index contributed by atoms with van der Waals surface area (Å²) >= 11 is 0. The van der Waals surface area contributed by atoms with Crippen molar-refractivity contribution >= 4 is 0 Å². The molecular formula is C16H23N. The van der Waals surface area contributed by atoms with E-state index >= 15 is 0 Å². The lowest BCUT2D eigenvalue weighted by Gasteiger charge is -2.04. The van der Waals surface area contributed by atoms with Gasteiger partial charge in [0.1, 0.15) is 0 Å². The molecule has 0 aliphatic rings. The monoisotopic (exact) mass is 229 g/mol. The predicted molar refractivity (Wildman–Crippen MR) is 79.0 cm³/mol. The first-order valence-corrected chi connectivity index (χ1v) is 5.86. The van der Waals surface area contributed by atoms with Crippen LogP contribution in [0.2, 0.25) is 0 Å². The molecule has 0 aromatic heterocycles. The van der Waals surface area contributed by atoms with Crippen molar-refractivity contribution in [3.63, 3.8) is 0 Å². The molecule has 0 heterocycles. The van der Waals surface area contributed by atoms with Gasteiger partial charge in [0.05, 0.1) is 0 Å². The second-order valence-corrected chi connectivity index (χ2v) is 3.77. The normalized spacial score (nSPS) is 14.2. The Kier molecular flexibility index (Phi) is 9.88. The van der Waals surface area contributed by atoms with Crippen LogP contribution in [-0.2, 0) is 0 Å². The fraction of sp³-hybridized carbons (Fsp3) is 0.250. The summed E-state index contributed by atoms with van der Waals surface area (Å²) in [5, 5.41) is 3.18. The van der Waals surface area contributed by atoms with Gasteiger partial charge in [0.15, 0.2) is 0 Å². The van der Waals surface area contributed by atoms with E-state index in [9.17, 15) is 0 Å². The van der Waals surface area contributed by atoms with Gasteiger partial charge in [0.25, 0.3) is 0 Å². The molecule has 0 aliphatic heterocycles. The van der Waals surface area contributed by atoms with E-state index in [2.05, 4.69) is 31.5 Å². The van der Waals surface area contributed by atoms with Crippen LogP contribution in [-0.4, -0.2) is 13.1 Å². The highest BCUT2D eigenvalue weighted by molar-refractivity contribution is 5.31. The van der Waals surface area contributed by atoms with Gasteiger partial charge in [-0.15, -0.1) is 0 Å². The molecule has 0 radical (unpaired) electrons. The predicted octanol–water partition coefficient (Wildman–Crippen LogP) is 3.95. The van der Waals surface area contributed by atoms with E-state index in [1.807, 2.05) is 49.6 Å². The van der Waals surface area contributed by atoms with E-state index in [0.717, 1.165) is 12.0 Å². The third-order valence-electron chi connectivity index (χ3n) is 2.21. The Labute approximate surface area is 106 Å². The third kappa shape index (κ3) is 10.7. The van der Waals surface area contributed by atoms with Crippen LogP contribution in [0.15, 0.2) is 73.4 Å². The smallest absolute Gasteiger partial charge is 0.00703 e. The van der Waals surface area contributed by atoms with Gasteiger partial charge in [-0.05, 0) is 26.0 Å². The van der Waals surface area contributed by atoms with Crippen molar-refractivity contribution in [1.29, 1.82) is 0 Å². The van der Waals surface area contributed by atoms with Crippen molar-refractivity contribution in [2.45, 2.75) is 19.4 Å². The Morgan fingerprint density at radius 1 is 1.12 bits per heavy atom. The van der Waals surface area contributed by atoms with Crippen molar-refractivity contribution in [2.75, 3.05) is 7.05 Å². The van der Waals surface area contributed by atoms with Gasteiger partial charge in [-0.1, -0.05) is 67.8 Å². The SMILES string of the molecule is C=C/C=C\C=C/C(=C)/C=C\C=C/CC(C)NC. The quantitative estimate of drug-likeness (QED) is 0.621. The van der Waals surface area contributed by atoms with Crippen molar-refractivity contribution in [3.05, 3.63) is 73.4 Å². The summed E-state index contributed by atoms with van der Waals surface area (Å²) in [6, 6.07) is 0.520. The summed E-state index contributed by atoms with van der Waals surface area (Å²) < 4.78 is 0. The van der Waals surface area contributed by atoms with Crippen LogP contribution in [0, 0.1) is 0 Å². The van der Waals surface area contributed by atoms with Crippen molar-refractivity contribution < 1.29 is 0 Å². The standard InChI is InChI=1S/C16H23N/c1-5-6-7-9-12-15(2)13-10-8-11-14-16(3)17-4/h5-13,16-17H,1-2,14H2,3-4H3/b7-6-,11-8-,12-9-,13-10-. The van der Waals surface area contributed by atoms with E-state index in [1.54, 1.807) is 6.08 Å². The fourth-order valence-electron chi connectivity index (χ4n) is 1.04. The Morgan fingerprint density at radius 3 is 2.35 bits per heavy atom. The van der Waals surface area contributed by atoms with E-state index in [1.165, 1.54) is 0 Å². The van der Waals surface area contributed by atoms with Crippen LogP contribution in [0.5, 0.6) is 0 Å². The highest BCUT2D eigenvalue weighted by Gasteiger charge is 1.90. The Bertz CT molecular complexity index is 329. The topological polar surface area (TPSA) is 12.0 Å². The first-order valence-electron chi connectivity index (χ1n) is 5.86. The molecular weight excluding hydrogens is 206 g/mol. The minimum absolute atomic E-state index is 0.520. The van der Waals surface area contributed by atoms with Crippen LogP contribution in [0.3, 0.4) is 0 Å². The lowest BCUT2D eigenvalue weighted by molar-refractivity contribution is 0.620. The maximum absolute atomic E-state index is 3.92. The van der Waals surface area contributed by atoms with Gasteiger partial charge in [-0.25, -0.2) is 0 Å². The molecule has 0 aromatic carbocycles. The maximum Gasteiger partial charge on any atom is 0.00703 e. The van der Waals surface area contributed by atoms with Crippen LogP contribution in [0.1, 0.15) is 13.3 Å². The summed E-state index contributed by atoms with van der Waals surface area (Å²) in [6.07, 6.45) is 18.7. The molecule has 17 heavy (non-hydrogen) atoms. The molecule has 1 unspecified atom stereocenters. The Morgan fingerprint density at radius 2 is 1.76 bits per heavy atom. The lowest BCUT2D eigenvalue weighted by atomic mass is 10.2. The summed E-state index contributed by atoms with van der Waals surface area (Å²) in [7, 11) is 1.97. The number of nitrogens with one attached hydrogen (secondary N) is 1. The zero-order valence-electron chi connectivity index (χ0n) is 10.9. The summed E-state index contributed by atoms with van der Waals surface area (Å²) in [6.45, 7) is 9.67. The molecule has 0 aromatic rings. The lowest BCUT2D eigenvalue weighted by Crippen LogP contribution is -2.19. The highest BCUT2D eigenvalue weighted by atomic mass is 14.8. The van der Waals surface area contributed by atoms with Gasteiger partial charge in [-0.3, -0.25) is 0 Å². The molecule has 0 spiro atoms. The molecule has 1 heteroatoms. The molecule has 0 bridgehead atoms. The number of allylic oxidation sites excluding steroid dienone is 9. The zero-order chi connectivity index (χ0) is 12.9. The molecule has 0 rings (SSSR count). The van der Waals surface area contributed by atoms with Gasteiger partial charge in [-0.2, -0.15) is 0 Å². The molecule has 1 nitrogen and oxygen atoms in total. The average Bonchev–Trinajstić information content (AvgIpc) is 2.34. The van der Waals surface area contributed by atoms with Gasteiger partial charge >= 0.3 is 0 Å².